The summed E-state index contributed by atoms with van der Waals surface area (Å²) in [4.78, 5) is 11.3. The van der Waals surface area contributed by atoms with E-state index in [9.17, 15) is 4.79 Å². The Hall–Kier alpha value is -0.630. The van der Waals surface area contributed by atoms with E-state index in [1.807, 2.05) is 0 Å². The van der Waals surface area contributed by atoms with E-state index in [4.69, 9.17) is 4.74 Å². The first-order valence-corrected chi connectivity index (χ1v) is 6.18. The maximum absolute atomic E-state index is 11.3. The van der Waals surface area contributed by atoms with E-state index >= 15 is 0 Å². The van der Waals surface area contributed by atoms with Gasteiger partial charge in [-0.3, -0.25) is 4.79 Å². The smallest absolute Gasteiger partial charge is 0.161 e. The van der Waals surface area contributed by atoms with Gasteiger partial charge in [0, 0.05) is 5.92 Å². The molecule has 4 atom stereocenters. The molecule has 2 aliphatic rings. The van der Waals surface area contributed by atoms with Gasteiger partial charge in [0.15, 0.2) is 5.78 Å². The fourth-order valence-electron chi connectivity index (χ4n) is 3.07. The van der Waals surface area contributed by atoms with Gasteiger partial charge in [-0.15, -0.1) is 0 Å². The van der Waals surface area contributed by atoms with Crippen LogP contribution < -0.4 is 0 Å². The zero-order valence-corrected chi connectivity index (χ0v) is 10.9. The highest BCUT2D eigenvalue weighted by molar-refractivity contribution is 5.83. The molecule has 0 saturated carbocycles. The zero-order valence-electron chi connectivity index (χ0n) is 10.9. The summed E-state index contributed by atoms with van der Waals surface area (Å²) in [5, 5.41) is 0. The van der Waals surface area contributed by atoms with Crippen molar-refractivity contribution in [2.24, 2.45) is 17.3 Å². The molecule has 0 aromatic rings. The summed E-state index contributed by atoms with van der Waals surface area (Å²) in [5.41, 5.74) is 1.63. The van der Waals surface area contributed by atoms with Crippen LogP contribution in [0.15, 0.2) is 11.6 Å². The number of ether oxygens (including phenoxy) is 1. The highest BCUT2D eigenvalue weighted by Crippen LogP contribution is 2.51. The molecule has 4 unspecified atom stereocenters. The first kappa shape index (κ1) is 11.8. The summed E-state index contributed by atoms with van der Waals surface area (Å²) >= 11 is 0. The van der Waals surface area contributed by atoms with Crippen LogP contribution in [0.4, 0.5) is 0 Å². The normalized spacial score (nSPS) is 41.4. The van der Waals surface area contributed by atoms with E-state index in [0.29, 0.717) is 11.8 Å². The Morgan fingerprint density at radius 3 is 2.62 bits per heavy atom. The molecular formula is C14H22O2. The van der Waals surface area contributed by atoms with Gasteiger partial charge in [-0.2, -0.15) is 0 Å². The van der Waals surface area contributed by atoms with Crippen LogP contribution in [0.1, 0.15) is 41.0 Å². The Bertz CT molecular complexity index is 341. The molecule has 1 aliphatic heterocycles. The Morgan fingerprint density at radius 2 is 2.12 bits per heavy atom. The van der Waals surface area contributed by atoms with Crippen LogP contribution in [0.2, 0.25) is 0 Å². The predicted molar refractivity (Wildman–Crippen MR) is 64.2 cm³/mol. The van der Waals surface area contributed by atoms with Crippen LogP contribution in [-0.2, 0) is 9.53 Å². The molecule has 0 aromatic carbocycles. The fraction of sp³-hybridized carbons (Fsp3) is 0.786. The lowest BCUT2D eigenvalue weighted by Gasteiger charge is -2.43. The average molecular weight is 222 g/mol. The molecule has 1 heterocycles. The summed E-state index contributed by atoms with van der Waals surface area (Å²) < 4.78 is 5.58. The number of ketones is 1. The van der Waals surface area contributed by atoms with Crippen molar-refractivity contribution in [2.75, 3.05) is 0 Å². The van der Waals surface area contributed by atoms with E-state index in [-0.39, 0.29) is 23.4 Å². The molecule has 2 rings (SSSR count). The molecule has 1 fully saturated rings. The lowest BCUT2D eigenvalue weighted by atomic mass is 9.61. The van der Waals surface area contributed by atoms with Gasteiger partial charge in [0.25, 0.3) is 0 Å². The van der Waals surface area contributed by atoms with Crippen molar-refractivity contribution in [2.45, 2.75) is 53.2 Å². The molecule has 1 aliphatic carbocycles. The van der Waals surface area contributed by atoms with E-state index in [2.05, 4.69) is 33.8 Å². The molecule has 0 amide bonds. The molecule has 0 aromatic heterocycles. The summed E-state index contributed by atoms with van der Waals surface area (Å²) in [6, 6.07) is 0. The molecule has 0 radical (unpaired) electrons. The molecule has 1 saturated heterocycles. The van der Waals surface area contributed by atoms with Crippen LogP contribution in [0, 0.1) is 17.3 Å². The minimum absolute atomic E-state index is 0.131. The van der Waals surface area contributed by atoms with Crippen molar-refractivity contribution >= 4 is 5.78 Å². The highest BCUT2D eigenvalue weighted by atomic mass is 16.6. The Balaban J connectivity index is 2.22. The van der Waals surface area contributed by atoms with Gasteiger partial charge in [-0.05, 0) is 31.6 Å². The summed E-state index contributed by atoms with van der Waals surface area (Å²) in [5.74, 6) is 1.23. The maximum atomic E-state index is 11.3. The number of carbonyl (C=O) groups excluding carboxylic acids is 1. The number of epoxide rings is 1. The molecular weight excluding hydrogens is 200 g/mol. The minimum Gasteiger partial charge on any atom is -0.361 e. The SMILES string of the molecule is CC(=O)C1OC1C1C(C)=CCC(C)C1(C)C. The second-order valence-corrected chi connectivity index (χ2v) is 6.02. The molecule has 2 heteroatoms. The van der Waals surface area contributed by atoms with Gasteiger partial charge in [0.05, 0.1) is 6.10 Å². The first-order valence-electron chi connectivity index (χ1n) is 6.18. The molecule has 16 heavy (non-hydrogen) atoms. The number of Topliss-reactive ketones (excluding diaryl/α,β-unsaturated/α-hetero) is 1. The standard InChI is InChI=1S/C14H22O2/c1-8-6-7-9(2)14(4,5)11(8)13-12(16-13)10(3)15/h6,9,11-13H,7H2,1-5H3. The number of hydrogen-bond acceptors (Lipinski definition) is 2. The third-order valence-corrected chi connectivity index (χ3v) is 4.61. The van der Waals surface area contributed by atoms with Gasteiger partial charge in [-0.1, -0.05) is 32.4 Å². The number of rotatable bonds is 2. The first-order chi connectivity index (χ1) is 7.35. The number of hydrogen-bond donors (Lipinski definition) is 0. The van der Waals surface area contributed by atoms with Gasteiger partial charge in [0.2, 0.25) is 0 Å². The second-order valence-electron chi connectivity index (χ2n) is 6.02. The molecule has 0 bridgehead atoms. The second kappa shape index (κ2) is 3.69. The van der Waals surface area contributed by atoms with Crippen molar-refractivity contribution < 1.29 is 9.53 Å². The van der Waals surface area contributed by atoms with E-state index < -0.39 is 0 Å². The number of carbonyl (C=O) groups is 1. The monoisotopic (exact) mass is 222 g/mol. The maximum Gasteiger partial charge on any atom is 0.161 e. The van der Waals surface area contributed by atoms with Crippen molar-refractivity contribution in [3.63, 3.8) is 0 Å². The van der Waals surface area contributed by atoms with Crippen molar-refractivity contribution in [1.82, 2.24) is 0 Å². The fourth-order valence-corrected chi connectivity index (χ4v) is 3.07. The third-order valence-electron chi connectivity index (χ3n) is 4.61. The van der Waals surface area contributed by atoms with Gasteiger partial charge in [-0.25, -0.2) is 0 Å². The summed E-state index contributed by atoms with van der Waals surface area (Å²) in [7, 11) is 0. The quantitative estimate of drug-likeness (QED) is 0.531. The van der Waals surface area contributed by atoms with Crippen molar-refractivity contribution in [3.05, 3.63) is 11.6 Å². The van der Waals surface area contributed by atoms with Crippen LogP contribution in [0.5, 0.6) is 0 Å². The van der Waals surface area contributed by atoms with E-state index in [1.165, 1.54) is 5.57 Å². The zero-order chi connectivity index (χ0) is 12.1. The van der Waals surface area contributed by atoms with Crippen molar-refractivity contribution in [1.29, 1.82) is 0 Å². The van der Waals surface area contributed by atoms with Gasteiger partial charge < -0.3 is 4.74 Å². The molecule has 2 nitrogen and oxygen atoms in total. The molecule has 90 valence electrons. The Kier molecular flexibility index (Phi) is 2.73. The Labute approximate surface area is 98.1 Å². The highest BCUT2D eigenvalue weighted by Gasteiger charge is 2.55. The van der Waals surface area contributed by atoms with Gasteiger partial charge >= 0.3 is 0 Å². The minimum atomic E-state index is -0.141. The van der Waals surface area contributed by atoms with E-state index in [1.54, 1.807) is 6.92 Å². The lowest BCUT2D eigenvalue weighted by Crippen LogP contribution is -2.38. The van der Waals surface area contributed by atoms with Crippen LogP contribution in [0.25, 0.3) is 0 Å². The summed E-state index contributed by atoms with van der Waals surface area (Å²) in [6.45, 7) is 10.7. The summed E-state index contributed by atoms with van der Waals surface area (Å²) in [6.07, 6.45) is 3.45. The average Bonchev–Trinajstić information content (AvgIpc) is 2.92. The van der Waals surface area contributed by atoms with Gasteiger partial charge in [0.1, 0.15) is 6.10 Å². The third kappa shape index (κ3) is 1.73. The lowest BCUT2D eigenvalue weighted by molar-refractivity contribution is -0.118. The van der Waals surface area contributed by atoms with Crippen LogP contribution in [0.3, 0.4) is 0 Å². The molecule has 0 N–H and O–H groups in total. The molecule has 0 spiro atoms. The predicted octanol–water partition coefficient (Wildman–Crippen LogP) is 2.97. The van der Waals surface area contributed by atoms with Crippen LogP contribution in [-0.4, -0.2) is 18.0 Å². The van der Waals surface area contributed by atoms with Crippen LogP contribution >= 0.6 is 0 Å². The van der Waals surface area contributed by atoms with E-state index in [0.717, 1.165) is 6.42 Å². The largest absolute Gasteiger partial charge is 0.361 e. The van der Waals surface area contributed by atoms with Crippen molar-refractivity contribution in [3.8, 4) is 0 Å². The number of allylic oxidation sites excluding steroid dienone is 1. The Morgan fingerprint density at radius 1 is 1.50 bits per heavy atom. The topological polar surface area (TPSA) is 29.6 Å².